The molecule has 1 aromatic carbocycles. The van der Waals surface area contributed by atoms with Gasteiger partial charge in [-0.25, -0.2) is 0 Å². The van der Waals surface area contributed by atoms with E-state index in [2.05, 4.69) is 45.6 Å². The van der Waals surface area contributed by atoms with Crippen LogP contribution < -0.4 is 0 Å². The summed E-state index contributed by atoms with van der Waals surface area (Å²) in [6, 6.07) is 8.62. The molecule has 1 aliphatic rings. The Bertz CT molecular complexity index is 502. The number of benzene rings is 1. The molecular formula is C14H15BrOS. The lowest BCUT2D eigenvalue weighted by Gasteiger charge is -2.14. The molecule has 0 aliphatic carbocycles. The first-order valence-corrected chi connectivity index (χ1v) is 7.86. The second-order valence-electron chi connectivity index (χ2n) is 4.53. The highest BCUT2D eigenvalue weighted by atomic mass is 79.9. The number of halogens is 1. The van der Waals surface area contributed by atoms with Crippen molar-refractivity contribution in [1.82, 2.24) is 0 Å². The molecule has 2 unspecified atom stereocenters. The second kappa shape index (κ2) is 5.09. The van der Waals surface area contributed by atoms with E-state index in [1.165, 1.54) is 28.5 Å². The van der Waals surface area contributed by atoms with Crippen molar-refractivity contribution in [3.05, 3.63) is 35.2 Å². The molecule has 1 aromatic heterocycles. The van der Waals surface area contributed by atoms with Crippen LogP contribution in [0.1, 0.15) is 29.7 Å². The molecule has 2 heterocycles. The van der Waals surface area contributed by atoms with Crippen LogP contribution in [0.4, 0.5) is 0 Å². The predicted octanol–water partition coefficient (Wildman–Crippen LogP) is 4.91. The van der Waals surface area contributed by atoms with Gasteiger partial charge < -0.3 is 4.74 Å². The van der Waals surface area contributed by atoms with Crippen molar-refractivity contribution in [2.24, 2.45) is 0 Å². The quantitative estimate of drug-likeness (QED) is 0.732. The van der Waals surface area contributed by atoms with Crippen molar-refractivity contribution in [2.45, 2.75) is 30.2 Å². The minimum atomic E-state index is 0.418. The normalized spacial score (nSPS) is 22.1. The molecule has 2 atom stereocenters. The Hall–Kier alpha value is -0.380. The molecule has 3 heteroatoms. The summed E-state index contributed by atoms with van der Waals surface area (Å²) in [6.07, 6.45) is 3.96. The van der Waals surface area contributed by atoms with Crippen LogP contribution in [-0.4, -0.2) is 12.7 Å². The molecule has 90 valence electrons. The third-order valence-electron chi connectivity index (χ3n) is 3.34. The maximum Gasteiger partial charge on any atom is 0.0589 e. The molecule has 0 radical (unpaired) electrons. The van der Waals surface area contributed by atoms with E-state index in [0.717, 1.165) is 13.0 Å². The van der Waals surface area contributed by atoms with Gasteiger partial charge in [-0.2, -0.15) is 0 Å². The molecule has 1 nitrogen and oxygen atoms in total. The largest absolute Gasteiger partial charge is 0.378 e. The summed E-state index contributed by atoms with van der Waals surface area (Å²) < 4.78 is 7.08. The van der Waals surface area contributed by atoms with Crippen LogP contribution in [0.25, 0.3) is 10.1 Å². The highest BCUT2D eigenvalue weighted by Crippen LogP contribution is 2.38. The van der Waals surface area contributed by atoms with Gasteiger partial charge in [0.1, 0.15) is 0 Å². The van der Waals surface area contributed by atoms with Crippen molar-refractivity contribution < 1.29 is 4.74 Å². The van der Waals surface area contributed by atoms with Gasteiger partial charge in [-0.05, 0) is 41.7 Å². The maximum atomic E-state index is 5.71. The highest BCUT2D eigenvalue weighted by molar-refractivity contribution is 9.09. The Kier molecular flexibility index (Phi) is 3.50. The number of thiophene rings is 1. The van der Waals surface area contributed by atoms with E-state index in [1.807, 2.05) is 11.3 Å². The standard InChI is InChI=1S/C14H15BrOS/c15-13(8-10-4-3-7-16-10)12-9-17-14-6-2-1-5-11(12)14/h1-2,5-6,9-10,13H,3-4,7-8H2. The molecule has 1 aliphatic heterocycles. The second-order valence-corrected chi connectivity index (χ2v) is 6.54. The zero-order valence-corrected chi connectivity index (χ0v) is 12.0. The minimum absolute atomic E-state index is 0.418. The van der Waals surface area contributed by atoms with Crippen LogP contribution in [0.5, 0.6) is 0 Å². The van der Waals surface area contributed by atoms with Crippen molar-refractivity contribution in [3.8, 4) is 0 Å². The van der Waals surface area contributed by atoms with Crippen LogP contribution in [0.2, 0.25) is 0 Å². The summed E-state index contributed by atoms with van der Waals surface area (Å²) in [7, 11) is 0. The smallest absolute Gasteiger partial charge is 0.0589 e. The average Bonchev–Trinajstić information content (AvgIpc) is 2.96. The van der Waals surface area contributed by atoms with Gasteiger partial charge in [0, 0.05) is 16.1 Å². The maximum absolute atomic E-state index is 5.71. The zero-order valence-electron chi connectivity index (χ0n) is 9.56. The van der Waals surface area contributed by atoms with Gasteiger partial charge in [-0.1, -0.05) is 34.1 Å². The van der Waals surface area contributed by atoms with Gasteiger partial charge in [0.25, 0.3) is 0 Å². The number of fused-ring (bicyclic) bond motifs is 1. The summed E-state index contributed by atoms with van der Waals surface area (Å²) in [5.74, 6) is 0. The van der Waals surface area contributed by atoms with E-state index in [1.54, 1.807) is 0 Å². The zero-order chi connectivity index (χ0) is 11.7. The minimum Gasteiger partial charge on any atom is -0.378 e. The molecule has 0 amide bonds. The van der Waals surface area contributed by atoms with Crippen molar-refractivity contribution >= 4 is 37.4 Å². The number of alkyl halides is 1. The van der Waals surface area contributed by atoms with Gasteiger partial charge in [0.15, 0.2) is 0 Å². The van der Waals surface area contributed by atoms with E-state index < -0.39 is 0 Å². The summed E-state index contributed by atoms with van der Waals surface area (Å²) in [4.78, 5) is 0.418. The van der Waals surface area contributed by atoms with E-state index in [4.69, 9.17) is 4.74 Å². The molecular weight excluding hydrogens is 296 g/mol. The third kappa shape index (κ3) is 2.42. The Morgan fingerprint density at radius 1 is 1.41 bits per heavy atom. The molecule has 0 spiro atoms. The monoisotopic (exact) mass is 310 g/mol. The Balaban J connectivity index is 1.82. The summed E-state index contributed by atoms with van der Waals surface area (Å²) in [5, 5.41) is 3.66. The van der Waals surface area contributed by atoms with Crippen LogP contribution in [0.15, 0.2) is 29.6 Å². The molecule has 0 N–H and O–H groups in total. The van der Waals surface area contributed by atoms with E-state index >= 15 is 0 Å². The Morgan fingerprint density at radius 2 is 2.29 bits per heavy atom. The van der Waals surface area contributed by atoms with E-state index in [-0.39, 0.29) is 0 Å². The summed E-state index contributed by atoms with van der Waals surface area (Å²) >= 11 is 5.65. The van der Waals surface area contributed by atoms with Gasteiger partial charge in [0.2, 0.25) is 0 Å². The van der Waals surface area contributed by atoms with E-state index in [9.17, 15) is 0 Å². The number of rotatable bonds is 3. The number of ether oxygens (including phenoxy) is 1. The fourth-order valence-electron chi connectivity index (χ4n) is 2.43. The lowest BCUT2D eigenvalue weighted by atomic mass is 10.0. The highest BCUT2D eigenvalue weighted by Gasteiger charge is 2.21. The predicted molar refractivity (Wildman–Crippen MR) is 77.1 cm³/mol. The number of hydrogen-bond donors (Lipinski definition) is 0. The molecule has 3 rings (SSSR count). The summed E-state index contributed by atoms with van der Waals surface area (Å²) in [5.41, 5.74) is 1.42. The fraction of sp³-hybridized carbons (Fsp3) is 0.429. The van der Waals surface area contributed by atoms with Crippen molar-refractivity contribution in [3.63, 3.8) is 0 Å². The van der Waals surface area contributed by atoms with Gasteiger partial charge in [0.05, 0.1) is 6.10 Å². The molecule has 0 saturated carbocycles. The van der Waals surface area contributed by atoms with Crippen molar-refractivity contribution in [1.29, 1.82) is 0 Å². The third-order valence-corrected chi connectivity index (χ3v) is 5.19. The molecule has 17 heavy (non-hydrogen) atoms. The van der Waals surface area contributed by atoms with Gasteiger partial charge >= 0.3 is 0 Å². The van der Waals surface area contributed by atoms with Crippen LogP contribution >= 0.6 is 27.3 Å². The fourth-order valence-corrected chi connectivity index (χ4v) is 4.41. The molecule has 2 aromatic rings. The first-order chi connectivity index (χ1) is 8.34. The van der Waals surface area contributed by atoms with Gasteiger partial charge in [-0.3, -0.25) is 0 Å². The van der Waals surface area contributed by atoms with Crippen LogP contribution in [0.3, 0.4) is 0 Å². The topological polar surface area (TPSA) is 9.23 Å². The lowest BCUT2D eigenvalue weighted by molar-refractivity contribution is 0.104. The Morgan fingerprint density at radius 3 is 3.12 bits per heavy atom. The molecule has 1 fully saturated rings. The van der Waals surface area contributed by atoms with Crippen LogP contribution in [-0.2, 0) is 4.74 Å². The van der Waals surface area contributed by atoms with E-state index in [0.29, 0.717) is 10.9 Å². The molecule has 1 saturated heterocycles. The lowest BCUT2D eigenvalue weighted by Crippen LogP contribution is -2.07. The number of hydrogen-bond acceptors (Lipinski definition) is 2. The first-order valence-electron chi connectivity index (χ1n) is 6.06. The van der Waals surface area contributed by atoms with Crippen LogP contribution in [0, 0.1) is 0 Å². The first kappa shape index (κ1) is 11.7. The molecule has 0 bridgehead atoms. The Labute approximate surface area is 114 Å². The van der Waals surface area contributed by atoms with Gasteiger partial charge in [-0.15, -0.1) is 11.3 Å². The summed E-state index contributed by atoms with van der Waals surface area (Å²) in [6.45, 7) is 0.939. The SMILES string of the molecule is BrC(CC1CCCO1)c1csc2ccccc12. The average molecular weight is 311 g/mol. The van der Waals surface area contributed by atoms with Crippen molar-refractivity contribution in [2.75, 3.05) is 6.61 Å².